The molecule has 0 saturated carbocycles. The maximum absolute atomic E-state index is 12.5. The van der Waals surface area contributed by atoms with E-state index in [0.717, 1.165) is 26.6 Å². The second-order valence-electron chi connectivity index (χ2n) is 5.54. The molecule has 1 fully saturated rings. The van der Waals surface area contributed by atoms with Crippen molar-refractivity contribution in [1.82, 2.24) is 14.8 Å². The third-order valence-corrected chi connectivity index (χ3v) is 4.21. The van der Waals surface area contributed by atoms with Gasteiger partial charge in [-0.05, 0) is 37.0 Å². The summed E-state index contributed by atoms with van der Waals surface area (Å²) in [6.07, 6.45) is 2.37. The number of pyridine rings is 1. The fourth-order valence-corrected chi connectivity index (χ4v) is 3.12. The lowest BCUT2D eigenvalue weighted by Crippen LogP contribution is -2.63. The van der Waals surface area contributed by atoms with Crippen LogP contribution in [0.4, 0.5) is 4.79 Å². The van der Waals surface area contributed by atoms with Crippen molar-refractivity contribution in [2.24, 2.45) is 5.41 Å². The Kier molecular flexibility index (Phi) is 2.48. The van der Waals surface area contributed by atoms with E-state index in [1.165, 1.54) is 14.1 Å². The van der Waals surface area contributed by atoms with E-state index >= 15 is 0 Å². The van der Waals surface area contributed by atoms with Crippen molar-refractivity contribution in [3.8, 4) is 0 Å². The predicted molar refractivity (Wildman–Crippen MR) is 69.8 cm³/mol. The lowest BCUT2D eigenvalue weighted by atomic mass is 9.80. The molecule has 20 heavy (non-hydrogen) atoms. The molecule has 3 rings (SSSR count). The second-order valence-corrected chi connectivity index (χ2v) is 5.54. The minimum Gasteiger partial charge on any atom is -0.273 e. The zero-order valence-corrected chi connectivity index (χ0v) is 11.6. The van der Waals surface area contributed by atoms with E-state index in [2.05, 4.69) is 4.98 Å². The highest BCUT2D eigenvalue weighted by atomic mass is 16.2. The molecule has 104 valence electrons. The van der Waals surface area contributed by atoms with Crippen molar-refractivity contribution < 1.29 is 14.4 Å². The first-order chi connectivity index (χ1) is 9.36. The molecule has 6 heteroatoms. The minimum absolute atomic E-state index is 0.315. The maximum Gasteiger partial charge on any atom is 0.332 e. The number of carbonyl (C=O) groups is 3. The molecular weight excluding hydrogens is 258 g/mol. The van der Waals surface area contributed by atoms with Crippen molar-refractivity contribution in [2.75, 3.05) is 14.1 Å². The van der Waals surface area contributed by atoms with Gasteiger partial charge in [-0.2, -0.15) is 0 Å². The van der Waals surface area contributed by atoms with E-state index in [1.54, 1.807) is 6.20 Å². The summed E-state index contributed by atoms with van der Waals surface area (Å²) in [7, 11) is 2.84. The molecule has 2 heterocycles. The summed E-state index contributed by atoms with van der Waals surface area (Å²) in [5, 5.41) is 0. The van der Waals surface area contributed by atoms with Gasteiger partial charge in [-0.3, -0.25) is 24.4 Å². The van der Waals surface area contributed by atoms with E-state index < -0.39 is 23.3 Å². The normalized spacial score (nSPS) is 20.9. The highest BCUT2D eigenvalue weighted by Crippen LogP contribution is 2.42. The fourth-order valence-electron chi connectivity index (χ4n) is 3.12. The van der Waals surface area contributed by atoms with Crippen molar-refractivity contribution in [3.63, 3.8) is 0 Å². The van der Waals surface area contributed by atoms with Crippen LogP contribution in [0.2, 0.25) is 0 Å². The molecule has 0 radical (unpaired) electrons. The van der Waals surface area contributed by atoms with E-state index in [1.807, 2.05) is 13.0 Å². The van der Waals surface area contributed by atoms with Crippen LogP contribution in [0.15, 0.2) is 12.3 Å². The van der Waals surface area contributed by atoms with Gasteiger partial charge in [0.15, 0.2) is 0 Å². The molecular formula is C14H15N3O3. The number of hydrogen-bond donors (Lipinski definition) is 0. The average molecular weight is 273 g/mol. The molecule has 2 aliphatic rings. The Labute approximate surface area is 116 Å². The SMILES string of the molecule is Cc1cc2c(cn1)CC1(C2)C(=O)N(C)C(=O)N(C)C1=O. The highest BCUT2D eigenvalue weighted by molar-refractivity contribution is 6.19. The van der Waals surface area contributed by atoms with Gasteiger partial charge in [-0.25, -0.2) is 4.79 Å². The summed E-state index contributed by atoms with van der Waals surface area (Å²) in [6, 6.07) is 1.33. The number of fused-ring (bicyclic) bond motifs is 1. The Morgan fingerprint density at radius 3 is 2.20 bits per heavy atom. The Morgan fingerprint density at radius 2 is 1.60 bits per heavy atom. The quantitative estimate of drug-likeness (QED) is 0.646. The molecule has 1 spiro atoms. The minimum atomic E-state index is -1.17. The van der Waals surface area contributed by atoms with Crippen LogP contribution in [-0.4, -0.2) is 46.7 Å². The van der Waals surface area contributed by atoms with Crippen molar-refractivity contribution in [1.29, 1.82) is 0 Å². The van der Waals surface area contributed by atoms with Crippen LogP contribution in [0, 0.1) is 12.3 Å². The van der Waals surface area contributed by atoms with Gasteiger partial charge in [0, 0.05) is 26.0 Å². The largest absolute Gasteiger partial charge is 0.332 e. The first-order valence-corrected chi connectivity index (χ1v) is 6.41. The number of amides is 4. The molecule has 0 unspecified atom stereocenters. The zero-order valence-electron chi connectivity index (χ0n) is 11.6. The monoisotopic (exact) mass is 273 g/mol. The summed E-state index contributed by atoms with van der Waals surface area (Å²) in [4.78, 5) is 43.1. The molecule has 0 atom stereocenters. The maximum atomic E-state index is 12.5. The summed E-state index contributed by atoms with van der Waals surface area (Å²) >= 11 is 0. The van der Waals surface area contributed by atoms with Crippen molar-refractivity contribution in [2.45, 2.75) is 19.8 Å². The van der Waals surface area contributed by atoms with Crippen LogP contribution in [0.3, 0.4) is 0 Å². The summed E-state index contributed by atoms with van der Waals surface area (Å²) < 4.78 is 0. The summed E-state index contributed by atoms with van der Waals surface area (Å²) in [5.41, 5.74) is 1.56. The van der Waals surface area contributed by atoms with E-state index in [4.69, 9.17) is 0 Å². The standard InChI is InChI=1S/C14H15N3O3/c1-8-4-9-5-14(6-10(9)7-15-8)11(18)16(2)13(20)17(3)12(14)19/h4,7H,5-6H2,1-3H3. The first-order valence-electron chi connectivity index (χ1n) is 6.41. The third kappa shape index (κ3) is 1.44. The summed E-state index contributed by atoms with van der Waals surface area (Å²) in [5.74, 6) is -0.834. The number of aryl methyl sites for hydroxylation is 1. The molecule has 0 aromatic carbocycles. The number of rotatable bonds is 0. The van der Waals surface area contributed by atoms with Crippen LogP contribution in [-0.2, 0) is 22.4 Å². The lowest BCUT2D eigenvalue weighted by Gasteiger charge is -2.39. The zero-order chi connectivity index (χ0) is 14.7. The van der Waals surface area contributed by atoms with E-state index in [-0.39, 0.29) is 0 Å². The first kappa shape index (κ1) is 12.8. The van der Waals surface area contributed by atoms with Gasteiger partial charge in [-0.1, -0.05) is 0 Å². The molecule has 1 saturated heterocycles. The number of hydrogen-bond acceptors (Lipinski definition) is 4. The number of carbonyl (C=O) groups excluding carboxylic acids is 3. The number of barbiturate groups is 1. The fraction of sp³-hybridized carbons (Fsp3) is 0.429. The van der Waals surface area contributed by atoms with Crippen molar-refractivity contribution >= 4 is 17.8 Å². The average Bonchev–Trinajstić information content (AvgIpc) is 2.81. The third-order valence-electron chi connectivity index (χ3n) is 4.21. The molecule has 6 nitrogen and oxygen atoms in total. The van der Waals surface area contributed by atoms with Crippen LogP contribution >= 0.6 is 0 Å². The van der Waals surface area contributed by atoms with Gasteiger partial charge in [0.25, 0.3) is 0 Å². The molecule has 0 N–H and O–H groups in total. The summed E-state index contributed by atoms with van der Waals surface area (Å²) in [6.45, 7) is 1.87. The number of nitrogens with zero attached hydrogens (tertiary/aromatic N) is 3. The highest BCUT2D eigenvalue weighted by Gasteiger charge is 2.57. The van der Waals surface area contributed by atoms with Gasteiger partial charge in [0.1, 0.15) is 5.41 Å². The van der Waals surface area contributed by atoms with Gasteiger partial charge in [-0.15, -0.1) is 0 Å². The van der Waals surface area contributed by atoms with E-state index in [0.29, 0.717) is 12.8 Å². The lowest BCUT2D eigenvalue weighted by molar-refractivity contribution is -0.156. The molecule has 1 aliphatic heterocycles. The Balaban J connectivity index is 2.08. The Morgan fingerprint density at radius 1 is 1.05 bits per heavy atom. The predicted octanol–water partition coefficient (Wildman–Crippen LogP) is 0.525. The Bertz CT molecular complexity index is 629. The molecule has 1 aliphatic carbocycles. The topological polar surface area (TPSA) is 70.6 Å². The van der Waals surface area contributed by atoms with Crippen LogP contribution in [0.5, 0.6) is 0 Å². The van der Waals surface area contributed by atoms with Crippen LogP contribution in [0.25, 0.3) is 0 Å². The smallest absolute Gasteiger partial charge is 0.273 e. The van der Waals surface area contributed by atoms with Crippen molar-refractivity contribution in [3.05, 3.63) is 29.1 Å². The van der Waals surface area contributed by atoms with Crippen LogP contribution < -0.4 is 0 Å². The molecule has 4 amide bonds. The Hall–Kier alpha value is -2.24. The molecule has 0 bridgehead atoms. The molecule has 1 aromatic rings. The van der Waals surface area contributed by atoms with Gasteiger partial charge in [0.2, 0.25) is 11.8 Å². The number of urea groups is 1. The molecule has 1 aromatic heterocycles. The van der Waals surface area contributed by atoms with E-state index in [9.17, 15) is 14.4 Å². The number of imide groups is 2. The number of aromatic nitrogens is 1. The van der Waals surface area contributed by atoms with Gasteiger partial charge < -0.3 is 0 Å². The van der Waals surface area contributed by atoms with Gasteiger partial charge >= 0.3 is 6.03 Å². The second kappa shape index (κ2) is 3.88. The van der Waals surface area contributed by atoms with Gasteiger partial charge in [0.05, 0.1) is 0 Å². The van der Waals surface area contributed by atoms with Crippen LogP contribution in [0.1, 0.15) is 16.8 Å².